The van der Waals surface area contributed by atoms with Crippen molar-refractivity contribution < 1.29 is 23.1 Å². The molecule has 0 radical (unpaired) electrons. The molecule has 2 heterocycles. The van der Waals surface area contributed by atoms with Crippen LogP contribution in [0.25, 0.3) is 0 Å². The van der Waals surface area contributed by atoms with Crippen molar-refractivity contribution in [1.29, 1.82) is 0 Å². The van der Waals surface area contributed by atoms with Gasteiger partial charge in [-0.15, -0.1) is 0 Å². The quantitative estimate of drug-likeness (QED) is 0.329. The van der Waals surface area contributed by atoms with E-state index in [4.69, 9.17) is 33.0 Å². The molecule has 0 aliphatic carbocycles. The van der Waals surface area contributed by atoms with Crippen LogP contribution in [-0.4, -0.2) is 50.2 Å². The van der Waals surface area contributed by atoms with Crippen LogP contribution in [0.1, 0.15) is 29.9 Å². The summed E-state index contributed by atoms with van der Waals surface area (Å²) in [7, 11) is -2.55. The van der Waals surface area contributed by atoms with Crippen LogP contribution in [-0.2, 0) is 10.0 Å². The van der Waals surface area contributed by atoms with Crippen LogP contribution in [0.3, 0.4) is 0 Å². The summed E-state index contributed by atoms with van der Waals surface area (Å²) in [5, 5.41) is 20.4. The van der Waals surface area contributed by atoms with Gasteiger partial charge in [0.25, 0.3) is 10.0 Å². The van der Waals surface area contributed by atoms with E-state index in [1.54, 1.807) is 42.3 Å². The number of carbonyl (C=O) groups is 1. The number of aromatic carboxylic acids is 1. The summed E-state index contributed by atoms with van der Waals surface area (Å²) >= 11 is 12.9. The smallest absolute Gasteiger partial charge is 0.335 e. The van der Waals surface area contributed by atoms with Gasteiger partial charge in [-0.1, -0.05) is 48.3 Å². The first-order valence-corrected chi connectivity index (χ1v) is 14.2. The number of anilines is 2. The number of benzene rings is 2. The molecule has 4 rings (SSSR count). The Kier molecular flexibility index (Phi) is 8.34. The number of carboxylic acid groups (broad SMARTS) is 1. The maximum atomic E-state index is 13.1. The summed E-state index contributed by atoms with van der Waals surface area (Å²) in [5.74, 6) is -0.678. The highest BCUT2D eigenvalue weighted by molar-refractivity contribution is 7.92. The Balaban J connectivity index is 1.53. The second-order valence-corrected chi connectivity index (χ2v) is 12.1. The average molecular weight is 593 g/mol. The normalized spacial score (nSPS) is 17.1. The van der Waals surface area contributed by atoms with Crippen LogP contribution < -0.4 is 14.1 Å². The number of aryl methyl sites for hydroxylation is 1. The minimum absolute atomic E-state index is 0.00565. The van der Waals surface area contributed by atoms with Crippen molar-refractivity contribution in [3.05, 3.63) is 75.9 Å². The molecule has 0 fully saturated rings. The summed E-state index contributed by atoms with van der Waals surface area (Å²) < 4.78 is 33.4. The van der Waals surface area contributed by atoms with Crippen molar-refractivity contribution in [2.45, 2.75) is 37.8 Å². The van der Waals surface area contributed by atoms with E-state index in [-0.39, 0.29) is 35.1 Å². The van der Waals surface area contributed by atoms with Gasteiger partial charge in [0, 0.05) is 13.1 Å². The predicted octanol–water partition coefficient (Wildman–Crippen LogP) is 5.88. The average Bonchev–Trinajstić information content (AvgIpc) is 3.31. The molecule has 0 saturated carbocycles. The first-order chi connectivity index (χ1) is 18.4. The second-order valence-electron chi connectivity index (χ2n) is 9.29. The molecule has 1 aromatic heterocycles. The van der Waals surface area contributed by atoms with E-state index < -0.39 is 16.0 Å². The summed E-state index contributed by atoms with van der Waals surface area (Å²) in [5.41, 5.74) is 1.31. The maximum absolute atomic E-state index is 13.1. The maximum Gasteiger partial charge on any atom is 0.335 e. The molecule has 13 heteroatoms. The lowest BCUT2D eigenvalue weighted by Crippen LogP contribution is -2.42. The van der Waals surface area contributed by atoms with Gasteiger partial charge in [0.1, 0.15) is 18.7 Å². The van der Waals surface area contributed by atoms with Crippen LogP contribution in [0.5, 0.6) is 5.88 Å². The van der Waals surface area contributed by atoms with E-state index in [2.05, 4.69) is 15.3 Å². The Bertz CT molecular complexity index is 1500. The second kappa shape index (κ2) is 11.4. The molecule has 206 valence electrons. The highest BCUT2D eigenvalue weighted by Gasteiger charge is 2.38. The molecule has 0 amide bonds. The SMILES string of the molecule is Cc1nc(OCC2C(C(C)C)N=NN2c2c(Cl)cccc2Cl)ccc1N(C)S(=O)(=O)c1ccc(C(=O)O)cc1. The zero-order valence-corrected chi connectivity index (χ0v) is 23.9. The molecule has 1 aliphatic rings. The van der Waals surface area contributed by atoms with Crippen LogP contribution >= 0.6 is 23.2 Å². The number of halogens is 2. The van der Waals surface area contributed by atoms with E-state index in [0.717, 1.165) is 4.31 Å². The van der Waals surface area contributed by atoms with Gasteiger partial charge in [-0.25, -0.2) is 23.2 Å². The molecule has 0 saturated heterocycles. The van der Waals surface area contributed by atoms with Gasteiger partial charge >= 0.3 is 5.97 Å². The number of ether oxygens (including phenoxy) is 1. The van der Waals surface area contributed by atoms with Crippen molar-refractivity contribution >= 4 is 50.6 Å². The third-order valence-corrected chi connectivity index (χ3v) is 8.77. The number of nitrogens with zero attached hydrogens (tertiary/aromatic N) is 5. The fraction of sp³-hybridized carbons (Fsp3) is 0.308. The minimum Gasteiger partial charge on any atom is -0.478 e. The number of sulfonamides is 1. The van der Waals surface area contributed by atoms with E-state index >= 15 is 0 Å². The molecule has 1 N–H and O–H groups in total. The Hall–Kier alpha value is -3.41. The molecule has 39 heavy (non-hydrogen) atoms. The molecule has 1 aliphatic heterocycles. The molecular weight excluding hydrogens is 565 g/mol. The monoisotopic (exact) mass is 591 g/mol. The summed E-state index contributed by atoms with van der Waals surface area (Å²) in [6.07, 6.45) is 0. The largest absolute Gasteiger partial charge is 0.478 e. The van der Waals surface area contributed by atoms with Gasteiger partial charge in [-0.2, -0.15) is 5.11 Å². The zero-order chi connectivity index (χ0) is 28.5. The molecule has 2 aromatic carbocycles. The molecule has 2 unspecified atom stereocenters. The third kappa shape index (κ3) is 5.80. The van der Waals surface area contributed by atoms with E-state index in [1.807, 2.05) is 13.8 Å². The standard InChI is InChI=1S/C26H27Cl2N5O5S/c1-15(2)24-22(33(31-30-24)25-19(27)6-5-7-20(25)28)14-38-23-13-12-21(16(3)29-23)32(4)39(36,37)18-10-8-17(9-11-18)26(34)35/h5-13,15,22,24H,14H2,1-4H3,(H,34,35). The Labute approximate surface area is 236 Å². The van der Waals surface area contributed by atoms with Crippen LogP contribution in [0.15, 0.2) is 69.8 Å². The summed E-state index contributed by atoms with van der Waals surface area (Å²) in [4.78, 5) is 15.5. The zero-order valence-electron chi connectivity index (χ0n) is 21.6. The van der Waals surface area contributed by atoms with Gasteiger partial charge < -0.3 is 9.84 Å². The topological polar surface area (TPSA) is 125 Å². The fourth-order valence-electron chi connectivity index (χ4n) is 4.24. The molecular formula is C26H27Cl2N5O5S. The van der Waals surface area contributed by atoms with Crippen LogP contribution in [0.2, 0.25) is 10.0 Å². The molecule has 0 spiro atoms. The highest BCUT2D eigenvalue weighted by atomic mass is 35.5. The Morgan fingerprint density at radius 2 is 1.74 bits per heavy atom. The number of aromatic nitrogens is 1. The van der Waals surface area contributed by atoms with Gasteiger partial charge in [-0.05, 0) is 55.3 Å². The van der Waals surface area contributed by atoms with Gasteiger partial charge in [0.2, 0.25) is 5.88 Å². The van der Waals surface area contributed by atoms with Gasteiger partial charge in [-0.3, -0.25) is 4.31 Å². The molecule has 2 atom stereocenters. The van der Waals surface area contributed by atoms with E-state index in [1.165, 1.54) is 31.3 Å². The van der Waals surface area contributed by atoms with Crippen molar-refractivity contribution in [2.75, 3.05) is 23.0 Å². The fourth-order valence-corrected chi connectivity index (χ4v) is 6.06. The number of hydrogen-bond donors (Lipinski definition) is 1. The van der Waals surface area contributed by atoms with E-state index in [9.17, 15) is 13.2 Å². The van der Waals surface area contributed by atoms with Crippen molar-refractivity contribution in [2.24, 2.45) is 16.3 Å². The molecule has 3 aromatic rings. The van der Waals surface area contributed by atoms with Crippen molar-refractivity contribution in [3.8, 4) is 5.88 Å². The summed E-state index contributed by atoms with van der Waals surface area (Å²) in [6, 6.07) is 12.9. The lowest BCUT2D eigenvalue weighted by molar-refractivity contribution is 0.0696. The lowest BCUT2D eigenvalue weighted by atomic mass is 9.97. The number of carboxylic acids is 1. The van der Waals surface area contributed by atoms with Crippen molar-refractivity contribution in [1.82, 2.24) is 4.98 Å². The predicted molar refractivity (Wildman–Crippen MR) is 150 cm³/mol. The summed E-state index contributed by atoms with van der Waals surface area (Å²) in [6.45, 7) is 5.93. The number of para-hydroxylation sites is 1. The van der Waals surface area contributed by atoms with Gasteiger partial charge in [0.05, 0.1) is 37.6 Å². The number of rotatable bonds is 9. The van der Waals surface area contributed by atoms with Crippen molar-refractivity contribution in [3.63, 3.8) is 0 Å². The number of pyridine rings is 1. The molecule has 0 bridgehead atoms. The minimum atomic E-state index is -3.96. The van der Waals surface area contributed by atoms with Gasteiger partial charge in [0.15, 0.2) is 0 Å². The van der Waals surface area contributed by atoms with Crippen LogP contribution in [0.4, 0.5) is 11.4 Å². The molecule has 10 nitrogen and oxygen atoms in total. The number of hydrogen-bond acceptors (Lipinski definition) is 8. The highest BCUT2D eigenvalue weighted by Crippen LogP contribution is 2.39. The first kappa shape index (κ1) is 28.6. The first-order valence-electron chi connectivity index (χ1n) is 12.0. The Morgan fingerprint density at radius 1 is 1.10 bits per heavy atom. The van der Waals surface area contributed by atoms with Crippen LogP contribution in [0, 0.1) is 12.8 Å². The Morgan fingerprint density at radius 3 is 2.31 bits per heavy atom. The third-order valence-electron chi connectivity index (χ3n) is 6.37. The van der Waals surface area contributed by atoms with E-state index in [0.29, 0.717) is 33.0 Å². The lowest BCUT2D eigenvalue weighted by Gasteiger charge is -2.28.